The van der Waals surface area contributed by atoms with Gasteiger partial charge in [-0.3, -0.25) is 4.90 Å². The van der Waals surface area contributed by atoms with Crippen LogP contribution in [0.25, 0.3) is 0 Å². The van der Waals surface area contributed by atoms with E-state index in [-0.39, 0.29) is 12.4 Å². The summed E-state index contributed by atoms with van der Waals surface area (Å²) >= 11 is 5.32. The van der Waals surface area contributed by atoms with Gasteiger partial charge in [-0.25, -0.2) is 0 Å². The van der Waals surface area contributed by atoms with Gasteiger partial charge in [-0.1, -0.05) is 54.7 Å². The van der Waals surface area contributed by atoms with Gasteiger partial charge in [0.1, 0.15) is 12.4 Å². The zero-order valence-corrected chi connectivity index (χ0v) is 15.7. The summed E-state index contributed by atoms with van der Waals surface area (Å²) in [6, 6.07) is 10.9. The van der Waals surface area contributed by atoms with Gasteiger partial charge >= 0.3 is 0 Å². The van der Waals surface area contributed by atoms with E-state index in [0.717, 1.165) is 36.1 Å². The molecule has 0 amide bonds. The molecule has 0 atom stereocenters. The second kappa shape index (κ2) is 9.97. The van der Waals surface area contributed by atoms with Crippen LogP contribution in [0.1, 0.15) is 24.8 Å². The Morgan fingerprint density at radius 3 is 2.58 bits per heavy atom. The highest BCUT2D eigenvalue weighted by atomic mass is 35.5. The van der Waals surface area contributed by atoms with Crippen molar-refractivity contribution in [1.82, 2.24) is 4.90 Å². The summed E-state index contributed by atoms with van der Waals surface area (Å²) in [4.78, 5) is 3.44. The van der Waals surface area contributed by atoms with Crippen molar-refractivity contribution >= 4 is 29.5 Å². The van der Waals surface area contributed by atoms with Gasteiger partial charge in [-0.2, -0.15) is 0 Å². The van der Waals surface area contributed by atoms with Crippen molar-refractivity contribution in [3.05, 3.63) is 59.9 Å². The number of ether oxygens (including phenoxy) is 1. The van der Waals surface area contributed by atoms with E-state index in [9.17, 15) is 0 Å². The SMILES string of the molecule is Cl.S=C1CC=CC=C1OCCN1CCC(Cc2ccccc2)CC1. The van der Waals surface area contributed by atoms with E-state index < -0.39 is 0 Å². The smallest absolute Gasteiger partial charge is 0.133 e. The van der Waals surface area contributed by atoms with Crippen LogP contribution < -0.4 is 0 Å². The normalized spacial score (nSPS) is 18.8. The second-order valence-corrected chi connectivity index (χ2v) is 6.90. The zero-order chi connectivity index (χ0) is 15.9. The zero-order valence-electron chi connectivity index (χ0n) is 14.0. The summed E-state index contributed by atoms with van der Waals surface area (Å²) in [6.45, 7) is 4.11. The van der Waals surface area contributed by atoms with E-state index in [1.54, 1.807) is 0 Å². The third-order valence-corrected chi connectivity index (χ3v) is 5.07. The Morgan fingerprint density at radius 1 is 1.12 bits per heavy atom. The molecule has 1 saturated heterocycles. The van der Waals surface area contributed by atoms with Gasteiger partial charge in [0.05, 0.1) is 4.86 Å². The van der Waals surface area contributed by atoms with Crippen LogP contribution in [0.3, 0.4) is 0 Å². The molecule has 3 rings (SSSR count). The lowest BCUT2D eigenvalue weighted by Gasteiger charge is -2.32. The van der Waals surface area contributed by atoms with Crippen LogP contribution in [0.5, 0.6) is 0 Å². The van der Waals surface area contributed by atoms with Crippen LogP contribution in [-0.2, 0) is 11.2 Å². The Kier molecular flexibility index (Phi) is 7.97. The number of thiocarbonyl (C=S) groups is 1. The van der Waals surface area contributed by atoms with Crippen molar-refractivity contribution in [2.75, 3.05) is 26.2 Å². The molecule has 1 heterocycles. The number of nitrogens with zero attached hydrogens (tertiary/aromatic N) is 1. The molecule has 1 fully saturated rings. The monoisotopic (exact) mass is 363 g/mol. The molecular formula is C20H26ClNOS. The molecule has 0 spiro atoms. The molecular weight excluding hydrogens is 338 g/mol. The molecule has 4 heteroatoms. The number of hydrogen-bond acceptors (Lipinski definition) is 3. The molecule has 24 heavy (non-hydrogen) atoms. The molecule has 1 aliphatic carbocycles. The van der Waals surface area contributed by atoms with Gasteiger partial charge in [0.25, 0.3) is 0 Å². The van der Waals surface area contributed by atoms with Crippen molar-refractivity contribution in [3.8, 4) is 0 Å². The highest BCUT2D eigenvalue weighted by Crippen LogP contribution is 2.21. The summed E-state index contributed by atoms with van der Waals surface area (Å²) in [6.07, 6.45) is 10.7. The summed E-state index contributed by atoms with van der Waals surface area (Å²) in [7, 11) is 0. The molecule has 0 saturated carbocycles. The molecule has 1 aliphatic heterocycles. The van der Waals surface area contributed by atoms with Gasteiger partial charge in [0.2, 0.25) is 0 Å². The van der Waals surface area contributed by atoms with E-state index in [1.807, 2.05) is 12.2 Å². The number of piperidine rings is 1. The van der Waals surface area contributed by atoms with Gasteiger partial charge < -0.3 is 4.74 Å². The molecule has 0 radical (unpaired) electrons. The van der Waals surface area contributed by atoms with E-state index in [4.69, 9.17) is 17.0 Å². The fourth-order valence-corrected chi connectivity index (χ4v) is 3.52. The van der Waals surface area contributed by atoms with Crippen LogP contribution in [0.15, 0.2) is 54.3 Å². The number of benzene rings is 1. The number of halogens is 1. The van der Waals surface area contributed by atoms with Crippen molar-refractivity contribution in [3.63, 3.8) is 0 Å². The Hall–Kier alpha value is -1.16. The number of rotatable bonds is 6. The summed E-state index contributed by atoms with van der Waals surface area (Å²) in [5.41, 5.74) is 1.47. The van der Waals surface area contributed by atoms with Crippen LogP contribution in [0.4, 0.5) is 0 Å². The van der Waals surface area contributed by atoms with E-state index >= 15 is 0 Å². The predicted octanol–water partition coefficient (Wildman–Crippen LogP) is 4.59. The highest BCUT2D eigenvalue weighted by molar-refractivity contribution is 7.80. The number of likely N-dealkylation sites (tertiary alicyclic amines) is 1. The van der Waals surface area contributed by atoms with Gasteiger partial charge in [-0.05, 0) is 49.9 Å². The van der Waals surface area contributed by atoms with Crippen molar-refractivity contribution < 1.29 is 4.74 Å². The minimum atomic E-state index is 0. The Balaban J connectivity index is 0.00000208. The average molecular weight is 364 g/mol. The average Bonchev–Trinajstić information content (AvgIpc) is 2.59. The van der Waals surface area contributed by atoms with Gasteiger partial charge in [0.15, 0.2) is 0 Å². The van der Waals surface area contributed by atoms with Crippen molar-refractivity contribution in [1.29, 1.82) is 0 Å². The minimum absolute atomic E-state index is 0. The maximum atomic E-state index is 5.85. The standard InChI is InChI=1S/C20H25NOS.ClH/c23-20-9-5-4-8-19(20)22-15-14-21-12-10-18(11-13-21)16-17-6-2-1-3-7-17;/h1-8,18H,9-16H2;1H. The largest absolute Gasteiger partial charge is 0.491 e. The van der Waals surface area contributed by atoms with Gasteiger partial charge in [-0.15, -0.1) is 12.4 Å². The summed E-state index contributed by atoms with van der Waals surface area (Å²) in [5.74, 6) is 1.72. The molecule has 1 aromatic rings. The molecule has 2 nitrogen and oxygen atoms in total. The van der Waals surface area contributed by atoms with E-state index in [2.05, 4.69) is 41.3 Å². The Bertz CT molecular complexity index is 577. The fourth-order valence-electron chi connectivity index (χ4n) is 3.30. The van der Waals surface area contributed by atoms with Crippen molar-refractivity contribution in [2.24, 2.45) is 5.92 Å². The molecule has 1 aromatic carbocycles. The lowest BCUT2D eigenvalue weighted by atomic mass is 9.90. The van der Waals surface area contributed by atoms with Crippen LogP contribution >= 0.6 is 24.6 Å². The van der Waals surface area contributed by atoms with Crippen LogP contribution in [-0.4, -0.2) is 36.0 Å². The van der Waals surface area contributed by atoms with Crippen LogP contribution in [0.2, 0.25) is 0 Å². The highest BCUT2D eigenvalue weighted by Gasteiger charge is 2.19. The molecule has 0 bridgehead atoms. The second-order valence-electron chi connectivity index (χ2n) is 6.41. The molecule has 0 aromatic heterocycles. The minimum Gasteiger partial charge on any atom is -0.491 e. The molecule has 130 valence electrons. The Morgan fingerprint density at radius 2 is 1.88 bits per heavy atom. The van der Waals surface area contributed by atoms with Crippen LogP contribution in [0, 0.1) is 5.92 Å². The lowest BCUT2D eigenvalue weighted by molar-refractivity contribution is 0.132. The predicted molar refractivity (Wildman–Crippen MR) is 107 cm³/mol. The lowest BCUT2D eigenvalue weighted by Crippen LogP contribution is -2.36. The summed E-state index contributed by atoms with van der Waals surface area (Å²) in [5, 5.41) is 0. The maximum absolute atomic E-state index is 5.85. The molecule has 0 unspecified atom stereocenters. The third-order valence-electron chi connectivity index (χ3n) is 4.70. The Labute approximate surface area is 157 Å². The van der Waals surface area contributed by atoms with Gasteiger partial charge in [0, 0.05) is 13.0 Å². The first-order valence-corrected chi connectivity index (χ1v) is 9.01. The summed E-state index contributed by atoms with van der Waals surface area (Å²) < 4.78 is 5.85. The number of hydrogen-bond donors (Lipinski definition) is 0. The first-order chi connectivity index (χ1) is 11.3. The molecule has 2 aliphatic rings. The topological polar surface area (TPSA) is 12.5 Å². The quantitative estimate of drug-likeness (QED) is 0.686. The first-order valence-electron chi connectivity index (χ1n) is 8.60. The van der Waals surface area contributed by atoms with E-state index in [0.29, 0.717) is 0 Å². The fraction of sp³-hybridized carbons (Fsp3) is 0.450. The maximum Gasteiger partial charge on any atom is 0.133 e. The third kappa shape index (κ3) is 5.73. The first kappa shape index (κ1) is 19.2. The van der Waals surface area contributed by atoms with Crippen molar-refractivity contribution in [2.45, 2.75) is 25.7 Å². The van der Waals surface area contributed by atoms with E-state index in [1.165, 1.54) is 37.9 Å². The molecule has 0 N–H and O–H groups in total. The number of allylic oxidation sites excluding steroid dienone is 4.